The first-order chi connectivity index (χ1) is 16.0. The Morgan fingerprint density at radius 1 is 0.909 bits per heavy atom. The number of hydrogen-bond acceptors (Lipinski definition) is 7. The third-order valence-electron chi connectivity index (χ3n) is 7.15. The number of hydrogen-bond donors (Lipinski definition) is 2. The molecular formula is C26H24O7. The summed E-state index contributed by atoms with van der Waals surface area (Å²) in [6, 6.07) is 18.7. The quantitative estimate of drug-likeness (QED) is 0.632. The fourth-order valence-electron chi connectivity index (χ4n) is 5.71. The molecule has 0 radical (unpaired) electrons. The Balaban J connectivity index is 1.65. The smallest absolute Gasteiger partial charge is 0.231 e. The van der Waals surface area contributed by atoms with E-state index in [2.05, 4.69) is 0 Å². The minimum Gasteiger partial charge on any atom is -0.496 e. The van der Waals surface area contributed by atoms with Crippen molar-refractivity contribution in [1.29, 1.82) is 0 Å². The van der Waals surface area contributed by atoms with Gasteiger partial charge in [-0.15, -0.1) is 0 Å². The summed E-state index contributed by atoms with van der Waals surface area (Å²) in [5, 5.41) is 23.9. The summed E-state index contributed by atoms with van der Waals surface area (Å²) in [5.74, 6) is 2.17. The Kier molecular flexibility index (Phi) is 4.31. The highest BCUT2D eigenvalue weighted by Gasteiger charge is 2.73. The minimum atomic E-state index is -1.78. The van der Waals surface area contributed by atoms with Crippen LogP contribution in [0.5, 0.6) is 28.7 Å². The zero-order valence-electron chi connectivity index (χ0n) is 18.3. The molecule has 4 atom stereocenters. The number of methoxy groups -OCH3 is 2. The van der Waals surface area contributed by atoms with Crippen molar-refractivity contribution in [1.82, 2.24) is 0 Å². The van der Waals surface area contributed by atoms with Crippen LogP contribution in [-0.2, 0) is 11.2 Å². The van der Waals surface area contributed by atoms with Crippen LogP contribution < -0.4 is 23.7 Å². The maximum atomic E-state index is 12.4. The van der Waals surface area contributed by atoms with E-state index in [0.717, 1.165) is 5.56 Å². The summed E-state index contributed by atoms with van der Waals surface area (Å²) < 4.78 is 28.9. The number of aliphatic hydroxyl groups is 2. The van der Waals surface area contributed by atoms with Gasteiger partial charge in [0, 0.05) is 23.6 Å². The lowest BCUT2D eigenvalue weighted by Crippen LogP contribution is -2.52. The van der Waals surface area contributed by atoms with Gasteiger partial charge in [-0.1, -0.05) is 36.4 Å². The van der Waals surface area contributed by atoms with E-state index in [0.29, 0.717) is 46.3 Å². The van der Waals surface area contributed by atoms with Crippen molar-refractivity contribution < 1.29 is 33.9 Å². The van der Waals surface area contributed by atoms with E-state index in [-0.39, 0.29) is 12.7 Å². The van der Waals surface area contributed by atoms with Gasteiger partial charge < -0.3 is 33.9 Å². The van der Waals surface area contributed by atoms with Crippen LogP contribution in [0.2, 0.25) is 0 Å². The molecule has 33 heavy (non-hydrogen) atoms. The normalized spacial score (nSPS) is 28.7. The van der Waals surface area contributed by atoms with Gasteiger partial charge in [0.1, 0.15) is 17.2 Å². The molecule has 2 aliphatic heterocycles. The Hall–Kier alpha value is -3.42. The molecule has 1 saturated carbocycles. The SMILES string of the molecule is COc1cc(OC)c2c(c1)O[C@@]1(c3ccc4c(c3)OCO4)[C@@H](c3ccccc3)C[C@@H](O)[C@@]21O. The second-order valence-corrected chi connectivity index (χ2v) is 8.59. The lowest BCUT2D eigenvalue weighted by molar-refractivity contribution is -0.150. The number of fused-ring (bicyclic) bond motifs is 4. The van der Waals surface area contributed by atoms with E-state index >= 15 is 0 Å². The van der Waals surface area contributed by atoms with Gasteiger partial charge in [-0.3, -0.25) is 0 Å². The van der Waals surface area contributed by atoms with Crippen LogP contribution in [0.3, 0.4) is 0 Å². The van der Waals surface area contributed by atoms with Crippen LogP contribution in [0.4, 0.5) is 0 Å². The zero-order chi connectivity index (χ0) is 22.8. The van der Waals surface area contributed by atoms with Crippen LogP contribution in [0.1, 0.15) is 29.0 Å². The third-order valence-corrected chi connectivity index (χ3v) is 7.15. The molecule has 0 aromatic heterocycles. The van der Waals surface area contributed by atoms with Crippen LogP contribution in [0.15, 0.2) is 60.7 Å². The first-order valence-electron chi connectivity index (χ1n) is 10.8. The first kappa shape index (κ1) is 20.2. The predicted octanol–water partition coefficient (Wildman–Crippen LogP) is 3.46. The molecule has 3 aromatic carbocycles. The molecule has 7 nitrogen and oxygen atoms in total. The predicted molar refractivity (Wildman–Crippen MR) is 118 cm³/mol. The number of aliphatic hydroxyl groups excluding tert-OH is 1. The fourth-order valence-corrected chi connectivity index (χ4v) is 5.71. The molecule has 0 amide bonds. The molecule has 3 aliphatic rings. The second-order valence-electron chi connectivity index (χ2n) is 8.59. The van der Waals surface area contributed by atoms with Crippen molar-refractivity contribution in [3.63, 3.8) is 0 Å². The molecule has 6 rings (SSSR count). The highest BCUT2D eigenvalue weighted by Crippen LogP contribution is 2.68. The van der Waals surface area contributed by atoms with Gasteiger partial charge >= 0.3 is 0 Å². The molecule has 1 aliphatic carbocycles. The maximum Gasteiger partial charge on any atom is 0.231 e. The Morgan fingerprint density at radius 3 is 2.45 bits per heavy atom. The standard InChI is InChI=1S/C26H24O7/c1-29-17-11-21(30-2)24-22(12-17)33-26(16-8-9-19-20(10-16)32-14-31-19)18(13-23(27)25(24,26)28)15-6-4-3-5-7-15/h3-12,18,23,27-28H,13-14H2,1-2H3/t18-,23-,25-,26+/m1/s1. The minimum absolute atomic E-state index is 0.132. The lowest BCUT2D eigenvalue weighted by Gasteiger charge is -2.40. The summed E-state index contributed by atoms with van der Waals surface area (Å²) in [5.41, 5.74) is -1.08. The van der Waals surface area contributed by atoms with E-state index in [1.54, 1.807) is 19.2 Å². The molecule has 2 N–H and O–H groups in total. The highest BCUT2D eigenvalue weighted by molar-refractivity contribution is 5.63. The highest BCUT2D eigenvalue weighted by atomic mass is 16.7. The number of rotatable bonds is 4. The van der Waals surface area contributed by atoms with Crippen LogP contribution >= 0.6 is 0 Å². The molecular weight excluding hydrogens is 424 g/mol. The summed E-state index contributed by atoms with van der Waals surface area (Å²) in [4.78, 5) is 0. The van der Waals surface area contributed by atoms with Gasteiger partial charge in [0.2, 0.25) is 6.79 Å². The molecule has 0 bridgehead atoms. The lowest BCUT2D eigenvalue weighted by atomic mass is 9.71. The summed E-state index contributed by atoms with van der Waals surface area (Å²) >= 11 is 0. The molecule has 170 valence electrons. The fraction of sp³-hybridized carbons (Fsp3) is 0.308. The van der Waals surface area contributed by atoms with Gasteiger partial charge in [0.05, 0.1) is 25.9 Å². The van der Waals surface area contributed by atoms with E-state index in [4.69, 9.17) is 23.7 Å². The van der Waals surface area contributed by atoms with E-state index < -0.39 is 17.3 Å². The Bertz CT molecular complexity index is 1230. The van der Waals surface area contributed by atoms with Crippen molar-refractivity contribution in [3.8, 4) is 28.7 Å². The molecule has 0 unspecified atom stereocenters. The summed E-state index contributed by atoms with van der Waals surface area (Å²) in [6.45, 7) is 0.132. The molecule has 2 heterocycles. The van der Waals surface area contributed by atoms with Crippen LogP contribution in [0, 0.1) is 0 Å². The van der Waals surface area contributed by atoms with Crippen molar-refractivity contribution in [2.45, 2.75) is 29.6 Å². The second kappa shape index (κ2) is 7.04. The van der Waals surface area contributed by atoms with E-state index in [9.17, 15) is 10.2 Å². The molecule has 7 heteroatoms. The molecule has 3 aromatic rings. The topological polar surface area (TPSA) is 86.6 Å². The van der Waals surface area contributed by atoms with E-state index in [1.807, 2.05) is 48.5 Å². The van der Waals surface area contributed by atoms with Crippen LogP contribution in [-0.4, -0.2) is 37.3 Å². The van der Waals surface area contributed by atoms with E-state index in [1.165, 1.54) is 7.11 Å². The first-order valence-corrected chi connectivity index (χ1v) is 10.8. The van der Waals surface area contributed by atoms with Gasteiger partial charge in [-0.2, -0.15) is 0 Å². The third kappa shape index (κ3) is 2.52. The average Bonchev–Trinajstić information content (AvgIpc) is 3.48. The van der Waals surface area contributed by atoms with Gasteiger partial charge in [0.15, 0.2) is 22.7 Å². The zero-order valence-corrected chi connectivity index (χ0v) is 18.3. The van der Waals surface area contributed by atoms with Crippen LogP contribution in [0.25, 0.3) is 0 Å². The average molecular weight is 448 g/mol. The van der Waals surface area contributed by atoms with Gasteiger partial charge in [-0.25, -0.2) is 0 Å². The molecule has 0 spiro atoms. The Labute approximate surface area is 191 Å². The van der Waals surface area contributed by atoms with Crippen molar-refractivity contribution in [2.75, 3.05) is 21.0 Å². The number of benzene rings is 3. The van der Waals surface area contributed by atoms with Gasteiger partial charge in [0.25, 0.3) is 0 Å². The van der Waals surface area contributed by atoms with Crippen molar-refractivity contribution in [2.24, 2.45) is 0 Å². The monoisotopic (exact) mass is 448 g/mol. The van der Waals surface area contributed by atoms with Gasteiger partial charge in [-0.05, 0) is 24.1 Å². The molecule has 1 fully saturated rings. The largest absolute Gasteiger partial charge is 0.496 e. The van der Waals surface area contributed by atoms with Crippen molar-refractivity contribution >= 4 is 0 Å². The molecule has 0 saturated heterocycles. The van der Waals surface area contributed by atoms with Crippen molar-refractivity contribution in [3.05, 3.63) is 77.4 Å². The number of ether oxygens (including phenoxy) is 5. The summed E-state index contributed by atoms with van der Waals surface area (Å²) in [6.07, 6.45) is -0.819. The maximum absolute atomic E-state index is 12.4. The summed E-state index contributed by atoms with van der Waals surface area (Å²) in [7, 11) is 3.08. The Morgan fingerprint density at radius 2 is 1.70 bits per heavy atom.